The molecule has 138 valence electrons. The molecule has 1 aromatic heterocycles. The lowest BCUT2D eigenvalue weighted by atomic mass is 10.0. The van der Waals surface area contributed by atoms with Crippen molar-refractivity contribution in [2.45, 2.75) is 6.10 Å². The van der Waals surface area contributed by atoms with Gasteiger partial charge in [-0.25, -0.2) is 4.98 Å². The molecule has 0 fully saturated rings. The van der Waals surface area contributed by atoms with Crippen LogP contribution in [0.4, 0.5) is 0 Å². The quantitative estimate of drug-likeness (QED) is 0.292. The minimum absolute atomic E-state index is 0.0526. The van der Waals surface area contributed by atoms with Gasteiger partial charge in [0.15, 0.2) is 10.8 Å². The smallest absolute Gasteiger partial charge is 0.276 e. The van der Waals surface area contributed by atoms with Crippen LogP contribution in [0.2, 0.25) is 10.0 Å². The molecule has 5 N–H and O–H groups in total. The van der Waals surface area contributed by atoms with E-state index in [1.54, 1.807) is 42.5 Å². The van der Waals surface area contributed by atoms with Crippen LogP contribution in [0.3, 0.4) is 0 Å². The van der Waals surface area contributed by atoms with Crippen molar-refractivity contribution in [1.29, 1.82) is 0 Å². The first-order valence-electron chi connectivity index (χ1n) is 7.61. The number of aromatic amines is 1. The number of hydrogen-bond donors (Lipinski definition) is 4. The Kier molecular flexibility index (Phi) is 5.71. The summed E-state index contributed by atoms with van der Waals surface area (Å²) in [6.45, 7) is 0. The lowest BCUT2D eigenvalue weighted by molar-refractivity contribution is 0.247. The lowest BCUT2D eigenvalue weighted by Crippen LogP contribution is -2.31. The van der Waals surface area contributed by atoms with Gasteiger partial charge in [0.2, 0.25) is 0 Å². The number of thiocarbonyl (C=S) groups is 1. The van der Waals surface area contributed by atoms with E-state index < -0.39 is 11.7 Å². The average molecular weight is 422 g/mol. The molecule has 0 bridgehead atoms. The Labute approximate surface area is 168 Å². The van der Waals surface area contributed by atoms with Crippen molar-refractivity contribution in [2.75, 3.05) is 0 Å². The fourth-order valence-electron chi connectivity index (χ4n) is 2.39. The van der Waals surface area contributed by atoms with Crippen LogP contribution < -0.4 is 16.7 Å². The number of H-pyrrole nitrogens is 1. The highest BCUT2D eigenvalue weighted by Crippen LogP contribution is 2.21. The molecule has 0 amide bonds. The zero-order chi connectivity index (χ0) is 19.6. The van der Waals surface area contributed by atoms with E-state index in [4.69, 9.17) is 41.2 Å². The molecule has 0 saturated heterocycles. The van der Waals surface area contributed by atoms with Gasteiger partial charge in [-0.2, -0.15) is 5.10 Å². The molecule has 7 nitrogen and oxygen atoms in total. The summed E-state index contributed by atoms with van der Waals surface area (Å²) >= 11 is 16.6. The number of hydrazone groups is 1. The first-order valence-corrected chi connectivity index (χ1v) is 8.78. The second-order valence-corrected chi connectivity index (χ2v) is 6.82. The van der Waals surface area contributed by atoms with Crippen LogP contribution in [-0.4, -0.2) is 25.9 Å². The van der Waals surface area contributed by atoms with Crippen molar-refractivity contribution in [1.82, 2.24) is 15.4 Å². The molecule has 10 heteroatoms. The Morgan fingerprint density at radius 1 is 1.22 bits per heavy atom. The van der Waals surface area contributed by atoms with Gasteiger partial charge in [0, 0.05) is 10.0 Å². The van der Waals surface area contributed by atoms with Crippen LogP contribution in [-0.2, 0) is 0 Å². The molecule has 2 aromatic carbocycles. The first kappa shape index (κ1) is 19.2. The van der Waals surface area contributed by atoms with E-state index in [2.05, 4.69) is 20.5 Å². The van der Waals surface area contributed by atoms with Crippen molar-refractivity contribution < 1.29 is 5.11 Å². The van der Waals surface area contributed by atoms with Gasteiger partial charge in [-0.1, -0.05) is 35.3 Å². The van der Waals surface area contributed by atoms with Gasteiger partial charge in [0.1, 0.15) is 11.8 Å². The molecule has 0 radical (unpaired) electrons. The maximum Gasteiger partial charge on any atom is 0.276 e. The largest absolute Gasteiger partial charge is 0.382 e. The molecule has 1 atom stereocenters. The van der Waals surface area contributed by atoms with Crippen molar-refractivity contribution in [3.8, 4) is 0 Å². The van der Waals surface area contributed by atoms with E-state index in [1.807, 2.05) is 0 Å². The zero-order valence-electron chi connectivity index (χ0n) is 13.6. The Morgan fingerprint density at radius 3 is 2.56 bits per heavy atom. The monoisotopic (exact) mass is 421 g/mol. The summed E-state index contributed by atoms with van der Waals surface area (Å²) in [5.41, 5.74) is 8.50. The maximum absolute atomic E-state index is 12.6. The van der Waals surface area contributed by atoms with Gasteiger partial charge in [-0.3, -0.25) is 10.2 Å². The number of rotatable bonds is 4. The van der Waals surface area contributed by atoms with Crippen molar-refractivity contribution in [2.24, 2.45) is 10.8 Å². The molecule has 0 aliphatic rings. The predicted octanol–water partition coefficient (Wildman–Crippen LogP) is 2.50. The minimum atomic E-state index is -1.28. The zero-order valence-corrected chi connectivity index (χ0v) is 15.9. The van der Waals surface area contributed by atoms with E-state index >= 15 is 0 Å². The summed E-state index contributed by atoms with van der Waals surface area (Å²) in [6.07, 6.45) is -1.28. The lowest BCUT2D eigenvalue weighted by Gasteiger charge is -2.14. The van der Waals surface area contributed by atoms with Crippen LogP contribution in [0.5, 0.6) is 0 Å². The number of aliphatic hydroxyl groups is 1. The Hall–Kier alpha value is -2.52. The maximum atomic E-state index is 12.6. The van der Waals surface area contributed by atoms with Crippen LogP contribution >= 0.6 is 35.4 Å². The summed E-state index contributed by atoms with van der Waals surface area (Å²) < 4.78 is 0. The number of nitrogens with one attached hydrogen (secondary N) is 2. The molecule has 0 unspecified atom stereocenters. The van der Waals surface area contributed by atoms with Gasteiger partial charge >= 0.3 is 0 Å². The van der Waals surface area contributed by atoms with Crippen LogP contribution in [0.15, 0.2) is 52.4 Å². The number of nitrogens with two attached hydrogens (primary N) is 1. The topological polar surface area (TPSA) is 116 Å². The molecule has 0 spiro atoms. The molecule has 27 heavy (non-hydrogen) atoms. The van der Waals surface area contributed by atoms with E-state index in [1.165, 1.54) is 0 Å². The number of aromatic nitrogens is 2. The van der Waals surface area contributed by atoms with Gasteiger partial charge in [0.05, 0.1) is 11.0 Å². The number of benzene rings is 2. The molecule has 3 aromatic rings. The van der Waals surface area contributed by atoms with Gasteiger partial charge in [-0.15, -0.1) is 0 Å². The number of fused-ring (bicyclic) bond motifs is 1. The highest BCUT2D eigenvalue weighted by molar-refractivity contribution is 7.80. The number of halogens is 2. The van der Waals surface area contributed by atoms with Crippen molar-refractivity contribution in [3.63, 3.8) is 0 Å². The highest BCUT2D eigenvalue weighted by Gasteiger charge is 2.22. The summed E-state index contributed by atoms with van der Waals surface area (Å²) in [7, 11) is 0. The average Bonchev–Trinajstić information content (AvgIpc) is 2.62. The van der Waals surface area contributed by atoms with Crippen molar-refractivity contribution in [3.05, 3.63) is 74.1 Å². The van der Waals surface area contributed by atoms with E-state index in [0.717, 1.165) is 0 Å². The van der Waals surface area contributed by atoms with Gasteiger partial charge < -0.3 is 15.8 Å². The SMILES string of the molecule is NC(=S)N/N=C(\c1nc2ccc(Cl)cc2[nH]c1=O)[C@@H](O)c1ccc(Cl)cc1. The first-order chi connectivity index (χ1) is 12.8. The van der Waals surface area contributed by atoms with E-state index in [-0.39, 0.29) is 16.5 Å². The fraction of sp³-hybridized carbons (Fsp3) is 0.0588. The van der Waals surface area contributed by atoms with Gasteiger partial charge in [0.25, 0.3) is 5.56 Å². The summed E-state index contributed by atoms with van der Waals surface area (Å²) in [5, 5.41) is 15.6. The molecule has 1 heterocycles. The standard InChI is InChI=1S/C17H13Cl2N5O2S/c18-9-3-1-8(2-4-9)15(25)13(23-24-17(20)27)14-16(26)22-12-7-10(19)5-6-11(12)21-14/h1-7,15,25H,(H,22,26)(H3,20,24,27)/b23-13+/t15-/m0/s1. The number of nitrogens with zero attached hydrogens (tertiary/aromatic N) is 2. The third-order valence-electron chi connectivity index (χ3n) is 3.63. The third kappa shape index (κ3) is 4.42. The molecule has 3 rings (SSSR count). The molecular weight excluding hydrogens is 409 g/mol. The second-order valence-electron chi connectivity index (χ2n) is 5.50. The van der Waals surface area contributed by atoms with Gasteiger partial charge in [-0.05, 0) is 48.1 Å². The van der Waals surface area contributed by atoms with E-state index in [9.17, 15) is 9.90 Å². The Balaban J connectivity index is 2.14. The molecular formula is C17H13Cl2N5O2S. The Morgan fingerprint density at radius 2 is 1.89 bits per heavy atom. The summed E-state index contributed by atoms with van der Waals surface area (Å²) in [5.74, 6) is 0. The summed E-state index contributed by atoms with van der Waals surface area (Å²) in [6, 6.07) is 11.3. The highest BCUT2D eigenvalue weighted by atomic mass is 35.5. The second kappa shape index (κ2) is 8.01. The minimum Gasteiger partial charge on any atom is -0.382 e. The number of hydrogen-bond acceptors (Lipinski definition) is 5. The molecule has 0 saturated carbocycles. The van der Waals surface area contributed by atoms with Crippen LogP contribution in [0.25, 0.3) is 11.0 Å². The van der Waals surface area contributed by atoms with E-state index in [0.29, 0.717) is 26.6 Å². The summed E-state index contributed by atoms with van der Waals surface area (Å²) in [4.78, 5) is 19.5. The van der Waals surface area contributed by atoms with Crippen molar-refractivity contribution >= 4 is 57.3 Å². The van der Waals surface area contributed by atoms with Crippen LogP contribution in [0, 0.1) is 0 Å². The molecule has 0 aliphatic heterocycles. The fourth-order valence-corrected chi connectivity index (χ4v) is 2.74. The number of aliphatic hydroxyl groups excluding tert-OH is 1. The molecule has 0 aliphatic carbocycles. The Bertz CT molecular complexity index is 1100. The van der Waals surface area contributed by atoms with Crippen LogP contribution in [0.1, 0.15) is 17.4 Å². The normalized spacial score (nSPS) is 12.8. The third-order valence-corrected chi connectivity index (χ3v) is 4.21. The predicted molar refractivity (Wildman–Crippen MR) is 110 cm³/mol.